The number of ether oxygens (including phenoxy) is 1. The van der Waals surface area contributed by atoms with Crippen LogP contribution in [0.25, 0.3) is 0 Å². The van der Waals surface area contributed by atoms with E-state index in [1.807, 2.05) is 0 Å². The zero-order valence-electron chi connectivity index (χ0n) is 6.54. The van der Waals surface area contributed by atoms with E-state index in [-0.39, 0.29) is 5.97 Å². The second-order valence-corrected chi connectivity index (χ2v) is 3.85. The molecule has 0 saturated heterocycles. The zero-order valence-corrected chi connectivity index (χ0v) is 8.11. The number of halogens is 1. The molecule has 3 nitrogen and oxygen atoms in total. The number of carbonyl (C=O) groups excluding carboxylic acids is 1. The van der Waals surface area contributed by atoms with Crippen molar-refractivity contribution in [2.24, 2.45) is 0 Å². The normalized spacial score (nSPS) is 9.83. The standard InChI is InChI=1S/C7H8ClNO2S/c1-11-6(10)3-2-5-4-9-7(8)12-5/h4H,2-3H2,1H3. The first kappa shape index (κ1) is 9.48. The summed E-state index contributed by atoms with van der Waals surface area (Å²) < 4.78 is 5.00. The molecule has 1 aromatic rings. The van der Waals surface area contributed by atoms with Gasteiger partial charge in [0.15, 0.2) is 4.47 Å². The number of hydrogen-bond acceptors (Lipinski definition) is 4. The number of thiazole rings is 1. The number of aromatic nitrogens is 1. The molecule has 0 fully saturated rings. The van der Waals surface area contributed by atoms with Gasteiger partial charge in [0.1, 0.15) is 0 Å². The van der Waals surface area contributed by atoms with Crippen molar-refractivity contribution in [1.29, 1.82) is 0 Å². The quantitative estimate of drug-likeness (QED) is 0.708. The SMILES string of the molecule is COC(=O)CCc1cnc(Cl)s1. The third-order valence-electron chi connectivity index (χ3n) is 1.33. The Morgan fingerprint density at radius 3 is 3.08 bits per heavy atom. The van der Waals surface area contributed by atoms with Crippen LogP contribution in [0.1, 0.15) is 11.3 Å². The van der Waals surface area contributed by atoms with Crippen molar-refractivity contribution in [3.05, 3.63) is 15.5 Å². The molecular weight excluding hydrogens is 198 g/mol. The van der Waals surface area contributed by atoms with E-state index in [2.05, 4.69) is 9.72 Å². The zero-order chi connectivity index (χ0) is 8.97. The molecule has 0 aliphatic rings. The number of esters is 1. The summed E-state index contributed by atoms with van der Waals surface area (Å²) in [6.45, 7) is 0. The summed E-state index contributed by atoms with van der Waals surface area (Å²) in [4.78, 5) is 15.6. The van der Waals surface area contributed by atoms with Crippen molar-refractivity contribution >= 4 is 28.9 Å². The molecule has 0 unspecified atom stereocenters. The van der Waals surface area contributed by atoms with Crippen molar-refractivity contribution in [2.75, 3.05) is 7.11 Å². The first-order chi connectivity index (χ1) is 5.72. The summed E-state index contributed by atoms with van der Waals surface area (Å²) in [5.41, 5.74) is 0. The largest absolute Gasteiger partial charge is 0.469 e. The highest BCUT2D eigenvalue weighted by molar-refractivity contribution is 7.15. The monoisotopic (exact) mass is 205 g/mol. The molecule has 5 heteroatoms. The fourth-order valence-electron chi connectivity index (χ4n) is 0.727. The molecule has 0 bridgehead atoms. The van der Waals surface area contributed by atoms with Gasteiger partial charge in [0.2, 0.25) is 0 Å². The maximum atomic E-state index is 10.7. The van der Waals surface area contributed by atoms with E-state index >= 15 is 0 Å². The Bertz CT molecular complexity index is 274. The van der Waals surface area contributed by atoms with Crippen LogP contribution in [0, 0.1) is 0 Å². The Morgan fingerprint density at radius 1 is 1.83 bits per heavy atom. The van der Waals surface area contributed by atoms with Gasteiger partial charge >= 0.3 is 5.97 Å². The Hall–Kier alpha value is -0.610. The van der Waals surface area contributed by atoms with Crippen LogP contribution in [0.3, 0.4) is 0 Å². The molecule has 1 rings (SSSR count). The highest BCUT2D eigenvalue weighted by Crippen LogP contribution is 2.18. The summed E-state index contributed by atoms with van der Waals surface area (Å²) in [7, 11) is 1.38. The lowest BCUT2D eigenvalue weighted by Gasteiger charge is -1.94. The van der Waals surface area contributed by atoms with Gasteiger partial charge < -0.3 is 4.74 Å². The second kappa shape index (κ2) is 4.42. The van der Waals surface area contributed by atoms with Crippen LogP contribution >= 0.6 is 22.9 Å². The van der Waals surface area contributed by atoms with Gasteiger partial charge in [0, 0.05) is 11.1 Å². The number of rotatable bonds is 3. The number of nitrogens with zero attached hydrogens (tertiary/aromatic N) is 1. The minimum Gasteiger partial charge on any atom is -0.469 e. The first-order valence-corrected chi connectivity index (χ1v) is 4.59. The molecule has 12 heavy (non-hydrogen) atoms. The lowest BCUT2D eigenvalue weighted by atomic mass is 10.3. The van der Waals surface area contributed by atoms with Crippen LogP contribution in [0.15, 0.2) is 6.20 Å². The van der Waals surface area contributed by atoms with Crippen LogP contribution in [0.5, 0.6) is 0 Å². The highest BCUT2D eigenvalue weighted by Gasteiger charge is 2.03. The number of methoxy groups -OCH3 is 1. The number of carbonyl (C=O) groups is 1. The average molecular weight is 206 g/mol. The van der Waals surface area contributed by atoms with Gasteiger partial charge in [-0.25, -0.2) is 4.98 Å². The molecule has 66 valence electrons. The predicted molar refractivity (Wildman–Crippen MR) is 47.5 cm³/mol. The van der Waals surface area contributed by atoms with E-state index in [4.69, 9.17) is 11.6 Å². The van der Waals surface area contributed by atoms with Gasteiger partial charge in [-0.05, 0) is 6.42 Å². The van der Waals surface area contributed by atoms with E-state index in [0.717, 1.165) is 4.88 Å². The summed E-state index contributed by atoms with van der Waals surface area (Å²) in [6, 6.07) is 0. The van der Waals surface area contributed by atoms with Crippen LogP contribution in [0.4, 0.5) is 0 Å². The van der Waals surface area contributed by atoms with Crippen LogP contribution in [0.2, 0.25) is 4.47 Å². The summed E-state index contributed by atoms with van der Waals surface area (Å²) >= 11 is 6.99. The van der Waals surface area contributed by atoms with E-state index < -0.39 is 0 Å². The second-order valence-electron chi connectivity index (χ2n) is 2.16. The predicted octanol–water partition coefficient (Wildman–Crippen LogP) is 1.90. The van der Waals surface area contributed by atoms with E-state index in [1.54, 1.807) is 6.20 Å². The van der Waals surface area contributed by atoms with Crippen LogP contribution in [-0.4, -0.2) is 18.1 Å². The first-order valence-electron chi connectivity index (χ1n) is 3.39. The topological polar surface area (TPSA) is 39.2 Å². The average Bonchev–Trinajstić information content (AvgIpc) is 2.47. The molecule has 0 spiro atoms. The Balaban J connectivity index is 2.38. The van der Waals surface area contributed by atoms with E-state index in [1.165, 1.54) is 18.4 Å². The van der Waals surface area contributed by atoms with Gasteiger partial charge in [-0.1, -0.05) is 11.6 Å². The highest BCUT2D eigenvalue weighted by atomic mass is 35.5. The molecule has 0 aromatic carbocycles. The van der Waals surface area contributed by atoms with E-state index in [0.29, 0.717) is 17.3 Å². The summed E-state index contributed by atoms with van der Waals surface area (Å²) in [6.07, 6.45) is 2.71. The van der Waals surface area contributed by atoms with Crippen molar-refractivity contribution in [3.63, 3.8) is 0 Å². The Morgan fingerprint density at radius 2 is 2.58 bits per heavy atom. The van der Waals surface area contributed by atoms with Gasteiger partial charge in [-0.3, -0.25) is 4.79 Å². The Labute approximate surface area is 79.3 Å². The third-order valence-corrected chi connectivity index (χ3v) is 2.50. The van der Waals surface area contributed by atoms with Gasteiger partial charge in [0.05, 0.1) is 13.5 Å². The molecule has 0 aliphatic heterocycles. The minimum absolute atomic E-state index is 0.209. The molecule has 0 N–H and O–H groups in total. The van der Waals surface area contributed by atoms with Crippen LogP contribution in [-0.2, 0) is 16.0 Å². The maximum absolute atomic E-state index is 10.7. The molecule has 0 amide bonds. The van der Waals surface area contributed by atoms with Crippen molar-refractivity contribution in [1.82, 2.24) is 4.98 Å². The fraction of sp³-hybridized carbons (Fsp3) is 0.429. The summed E-state index contributed by atoms with van der Waals surface area (Å²) in [5, 5.41) is 0. The smallest absolute Gasteiger partial charge is 0.305 e. The summed E-state index contributed by atoms with van der Waals surface area (Å²) in [5.74, 6) is -0.209. The van der Waals surface area contributed by atoms with Crippen molar-refractivity contribution in [3.8, 4) is 0 Å². The van der Waals surface area contributed by atoms with Gasteiger partial charge in [-0.15, -0.1) is 11.3 Å². The lowest BCUT2D eigenvalue weighted by molar-refractivity contribution is -0.140. The molecule has 0 radical (unpaired) electrons. The molecule has 0 atom stereocenters. The number of hydrogen-bond donors (Lipinski definition) is 0. The fourth-order valence-corrected chi connectivity index (χ4v) is 1.70. The lowest BCUT2D eigenvalue weighted by Crippen LogP contribution is -2.00. The molecule has 0 saturated carbocycles. The molecule has 1 heterocycles. The minimum atomic E-state index is -0.209. The Kier molecular flexibility index (Phi) is 3.49. The molecular formula is C7H8ClNO2S. The molecule has 0 aliphatic carbocycles. The van der Waals surface area contributed by atoms with Gasteiger partial charge in [0.25, 0.3) is 0 Å². The van der Waals surface area contributed by atoms with Crippen LogP contribution < -0.4 is 0 Å². The van der Waals surface area contributed by atoms with Crippen molar-refractivity contribution in [2.45, 2.75) is 12.8 Å². The van der Waals surface area contributed by atoms with Crippen molar-refractivity contribution < 1.29 is 9.53 Å². The number of aryl methyl sites for hydroxylation is 1. The van der Waals surface area contributed by atoms with Gasteiger partial charge in [-0.2, -0.15) is 0 Å². The van der Waals surface area contributed by atoms with E-state index in [9.17, 15) is 4.79 Å². The molecule has 1 aromatic heterocycles. The third kappa shape index (κ3) is 2.79. The maximum Gasteiger partial charge on any atom is 0.305 e.